The van der Waals surface area contributed by atoms with Gasteiger partial charge in [-0.3, -0.25) is 4.72 Å². The first-order valence-corrected chi connectivity index (χ1v) is 12.4. The molecular weight excluding hydrogens is 499 g/mol. The van der Waals surface area contributed by atoms with Crippen LogP contribution in [0.3, 0.4) is 0 Å². The third-order valence-corrected chi connectivity index (χ3v) is 6.93. The number of rotatable bonds is 7. The number of halogens is 2. The number of benzene rings is 3. The minimum Gasteiger partial charge on any atom is -0.507 e. The van der Waals surface area contributed by atoms with Gasteiger partial charge in [0.2, 0.25) is 0 Å². The van der Waals surface area contributed by atoms with Gasteiger partial charge in [-0.15, -0.1) is 0 Å². The van der Waals surface area contributed by atoms with E-state index in [1.807, 2.05) is 0 Å². The van der Waals surface area contributed by atoms with Crippen LogP contribution >= 0.6 is 0 Å². The van der Waals surface area contributed by atoms with Gasteiger partial charge in [0, 0.05) is 36.1 Å². The zero-order chi connectivity index (χ0) is 26.2. The molecule has 3 aromatic carbocycles. The van der Waals surface area contributed by atoms with Gasteiger partial charge in [0.05, 0.1) is 5.69 Å². The molecule has 0 amide bonds. The predicted molar refractivity (Wildman–Crippen MR) is 136 cm³/mol. The number of para-hydroxylation sites is 1. The fraction of sp³-hybridized carbons (Fsp3) is 0.0400. The molecule has 0 aliphatic rings. The summed E-state index contributed by atoms with van der Waals surface area (Å²) in [5.74, 6) is -1.48. The molecule has 0 aliphatic heterocycles. The van der Waals surface area contributed by atoms with Gasteiger partial charge < -0.3 is 10.4 Å². The van der Waals surface area contributed by atoms with Crippen LogP contribution in [0.2, 0.25) is 0 Å². The van der Waals surface area contributed by atoms with Crippen LogP contribution in [0.5, 0.6) is 5.75 Å². The summed E-state index contributed by atoms with van der Waals surface area (Å²) in [5.41, 5.74) is 2.62. The topological polar surface area (TPSA) is 109 Å². The Morgan fingerprint density at radius 3 is 2.59 bits per heavy atom. The minimum absolute atomic E-state index is 0.0564. The van der Waals surface area contributed by atoms with Crippen molar-refractivity contribution in [3.63, 3.8) is 0 Å². The van der Waals surface area contributed by atoms with Crippen molar-refractivity contribution >= 4 is 40.5 Å². The molecule has 0 atom stereocenters. The van der Waals surface area contributed by atoms with Gasteiger partial charge in [0.25, 0.3) is 10.0 Å². The molecule has 0 unspecified atom stereocenters. The third-order valence-electron chi connectivity index (χ3n) is 5.52. The summed E-state index contributed by atoms with van der Waals surface area (Å²) in [6.45, 7) is 0.250. The van der Waals surface area contributed by atoms with Crippen LogP contribution in [0.25, 0.3) is 16.9 Å². The van der Waals surface area contributed by atoms with E-state index >= 15 is 0 Å². The zero-order valence-corrected chi connectivity index (χ0v) is 19.9. The highest BCUT2D eigenvalue weighted by Gasteiger charge is 2.20. The van der Waals surface area contributed by atoms with Crippen molar-refractivity contribution in [3.8, 4) is 17.0 Å². The highest BCUT2D eigenvalue weighted by Crippen LogP contribution is 2.29. The van der Waals surface area contributed by atoms with Gasteiger partial charge in [-0.1, -0.05) is 24.3 Å². The maximum Gasteiger partial charge on any atom is 0.264 e. The maximum atomic E-state index is 14.0. The Morgan fingerprint density at radius 2 is 1.81 bits per heavy atom. The lowest BCUT2D eigenvalue weighted by Gasteiger charge is -2.13. The second-order valence-corrected chi connectivity index (χ2v) is 9.76. The smallest absolute Gasteiger partial charge is 0.264 e. The van der Waals surface area contributed by atoms with E-state index in [9.17, 15) is 22.3 Å². The second kappa shape index (κ2) is 9.55. The molecule has 2 radical (unpaired) electrons. The molecule has 0 spiro atoms. The summed E-state index contributed by atoms with van der Waals surface area (Å²) in [5, 5.41) is 17.8. The zero-order valence-electron chi connectivity index (χ0n) is 19.1. The quantitative estimate of drug-likeness (QED) is 0.285. The number of sulfonamides is 1. The number of aromatic hydroxyl groups is 1. The molecule has 5 rings (SSSR count). The fourth-order valence-electron chi connectivity index (χ4n) is 3.77. The Morgan fingerprint density at radius 1 is 1.00 bits per heavy atom. The molecule has 12 heteroatoms. The molecule has 184 valence electrons. The number of hydrogen-bond acceptors (Lipinski definition) is 6. The molecule has 2 heterocycles. The molecule has 0 aliphatic carbocycles. The molecule has 0 saturated heterocycles. The van der Waals surface area contributed by atoms with E-state index in [2.05, 4.69) is 20.1 Å². The first-order valence-electron chi connectivity index (χ1n) is 10.9. The highest BCUT2D eigenvalue weighted by atomic mass is 32.2. The summed E-state index contributed by atoms with van der Waals surface area (Å²) in [6, 6.07) is 17.2. The molecule has 37 heavy (non-hydrogen) atoms. The second-order valence-electron chi connectivity index (χ2n) is 8.11. The molecule has 2 aromatic heterocycles. The molecule has 5 aromatic rings. The van der Waals surface area contributed by atoms with Crippen molar-refractivity contribution in [3.05, 3.63) is 96.2 Å². The lowest BCUT2D eigenvalue weighted by atomic mass is 10.0. The number of nitrogens with one attached hydrogen (secondary N) is 2. The van der Waals surface area contributed by atoms with Crippen LogP contribution in [0.1, 0.15) is 5.56 Å². The van der Waals surface area contributed by atoms with Crippen molar-refractivity contribution in [1.82, 2.24) is 14.6 Å². The lowest BCUT2D eigenvalue weighted by molar-refractivity contribution is 0.477. The third kappa shape index (κ3) is 4.96. The standard InChI is InChI=1S/C25H18BF2N5O3S/c26-19-14-30-33-24(12-21(31-25(19)33)18-6-1-2-7-22(18)34)29-13-15-4-3-5-17(10-15)32-37(35,36)23-9-8-16(27)11-20(23)28/h1-12,14,29,32,34H,13H2. The largest absolute Gasteiger partial charge is 0.507 e. The van der Waals surface area contributed by atoms with Crippen LogP contribution < -0.4 is 15.5 Å². The Kier molecular flexibility index (Phi) is 6.26. The van der Waals surface area contributed by atoms with E-state index in [0.717, 1.165) is 12.1 Å². The number of nitrogens with zero attached hydrogens (tertiary/aromatic N) is 3. The Bertz CT molecular complexity index is 1740. The average molecular weight is 517 g/mol. The molecular formula is C25H18BF2N5O3S. The summed E-state index contributed by atoms with van der Waals surface area (Å²) in [7, 11) is 1.75. The summed E-state index contributed by atoms with van der Waals surface area (Å²) >= 11 is 0. The fourth-order valence-corrected chi connectivity index (χ4v) is 4.88. The molecule has 0 saturated carbocycles. The number of phenolic OH excluding ortho intramolecular Hbond substituents is 1. The van der Waals surface area contributed by atoms with Crippen LogP contribution in [0, 0.1) is 11.6 Å². The Hall–Kier alpha value is -4.45. The van der Waals surface area contributed by atoms with Crippen molar-refractivity contribution in [2.75, 3.05) is 10.0 Å². The lowest BCUT2D eigenvalue weighted by Crippen LogP contribution is -2.15. The van der Waals surface area contributed by atoms with E-state index in [1.165, 1.54) is 16.8 Å². The number of anilines is 2. The van der Waals surface area contributed by atoms with Gasteiger partial charge in [-0.2, -0.15) is 9.61 Å². The van der Waals surface area contributed by atoms with Crippen LogP contribution in [0.4, 0.5) is 20.3 Å². The van der Waals surface area contributed by atoms with Crippen molar-refractivity contribution in [1.29, 1.82) is 0 Å². The minimum atomic E-state index is -4.28. The number of hydrogen-bond donors (Lipinski definition) is 3. The first kappa shape index (κ1) is 24.3. The first-order chi connectivity index (χ1) is 17.7. The van der Waals surface area contributed by atoms with Crippen molar-refractivity contribution < 1.29 is 22.3 Å². The number of fused-ring (bicyclic) bond motifs is 1. The predicted octanol–water partition coefficient (Wildman–Crippen LogP) is 3.59. The average Bonchev–Trinajstić information content (AvgIpc) is 3.23. The van der Waals surface area contributed by atoms with Crippen LogP contribution in [-0.2, 0) is 16.6 Å². The molecule has 8 nitrogen and oxygen atoms in total. The molecule has 3 N–H and O–H groups in total. The van der Waals surface area contributed by atoms with E-state index in [1.54, 1.807) is 48.5 Å². The van der Waals surface area contributed by atoms with E-state index < -0.39 is 26.6 Å². The van der Waals surface area contributed by atoms with Crippen LogP contribution in [-0.4, -0.2) is 36.0 Å². The summed E-state index contributed by atoms with van der Waals surface area (Å²) in [6.07, 6.45) is 1.46. The van der Waals surface area contributed by atoms with Crippen molar-refractivity contribution in [2.24, 2.45) is 0 Å². The SMILES string of the molecule is [B]c1cnn2c(NCc3cccc(NS(=O)(=O)c4ccc(F)cc4F)c3)cc(-c3ccccc3O)nc12. The monoisotopic (exact) mass is 517 g/mol. The number of aromatic nitrogens is 3. The Labute approximate surface area is 212 Å². The normalized spacial score (nSPS) is 11.5. The Balaban J connectivity index is 1.41. The highest BCUT2D eigenvalue weighted by molar-refractivity contribution is 7.92. The van der Waals surface area contributed by atoms with Crippen molar-refractivity contribution in [2.45, 2.75) is 11.4 Å². The summed E-state index contributed by atoms with van der Waals surface area (Å²) in [4.78, 5) is 3.86. The van der Waals surface area contributed by atoms with E-state index in [0.29, 0.717) is 39.8 Å². The van der Waals surface area contributed by atoms with E-state index in [-0.39, 0.29) is 18.0 Å². The van der Waals surface area contributed by atoms with E-state index in [4.69, 9.17) is 7.85 Å². The van der Waals surface area contributed by atoms with Gasteiger partial charge in [-0.25, -0.2) is 22.2 Å². The number of phenols is 1. The molecule has 0 bridgehead atoms. The van der Waals surface area contributed by atoms with Gasteiger partial charge in [0.15, 0.2) is 5.65 Å². The van der Waals surface area contributed by atoms with Crippen LogP contribution in [0.15, 0.2) is 83.9 Å². The van der Waals surface area contributed by atoms with Gasteiger partial charge in [0.1, 0.15) is 35.9 Å². The maximum absolute atomic E-state index is 14.0. The van der Waals surface area contributed by atoms with Gasteiger partial charge in [-0.05, 0) is 47.4 Å². The van der Waals surface area contributed by atoms with Gasteiger partial charge >= 0.3 is 0 Å². The summed E-state index contributed by atoms with van der Waals surface area (Å²) < 4.78 is 56.3. The molecule has 0 fully saturated rings.